The van der Waals surface area contributed by atoms with Crippen LogP contribution in [-0.2, 0) is 6.54 Å². The first-order valence-electron chi connectivity index (χ1n) is 11.2. The van der Waals surface area contributed by atoms with E-state index in [1.54, 1.807) is 12.1 Å². The van der Waals surface area contributed by atoms with E-state index >= 15 is 0 Å². The molecular weight excluding hydrogens is 386 g/mol. The van der Waals surface area contributed by atoms with Crippen molar-refractivity contribution in [3.8, 4) is 11.1 Å². The Kier molecular flexibility index (Phi) is 6.60. The van der Waals surface area contributed by atoms with Gasteiger partial charge >= 0.3 is 5.97 Å². The molecule has 1 saturated carbocycles. The predicted molar refractivity (Wildman–Crippen MR) is 123 cm³/mol. The number of benzene rings is 2. The van der Waals surface area contributed by atoms with Gasteiger partial charge in [-0.1, -0.05) is 74.7 Å². The molecule has 0 radical (unpaired) electrons. The minimum absolute atomic E-state index is 0.315. The van der Waals surface area contributed by atoms with Crippen LogP contribution in [0.3, 0.4) is 0 Å². The minimum Gasteiger partial charge on any atom is -0.478 e. The summed E-state index contributed by atoms with van der Waals surface area (Å²) in [6.07, 6.45) is 11.4. The van der Waals surface area contributed by atoms with Gasteiger partial charge in [0.2, 0.25) is 0 Å². The van der Waals surface area contributed by atoms with Crippen LogP contribution in [-0.4, -0.2) is 25.8 Å². The maximum atomic E-state index is 11.5. The fraction of sp³-hybridized carbons (Fsp3) is 0.346. The normalized spacial score (nSPS) is 14.9. The smallest absolute Gasteiger partial charge is 0.336 e. The molecule has 1 aliphatic carbocycles. The molecule has 1 fully saturated rings. The van der Waals surface area contributed by atoms with Crippen LogP contribution in [0.1, 0.15) is 78.9 Å². The Balaban J connectivity index is 1.58. The molecule has 0 spiro atoms. The van der Waals surface area contributed by atoms with Gasteiger partial charge in [0, 0.05) is 5.92 Å². The summed E-state index contributed by atoms with van der Waals surface area (Å²) >= 11 is 0. The van der Waals surface area contributed by atoms with Crippen LogP contribution in [0.2, 0.25) is 0 Å². The third kappa shape index (κ3) is 4.93. The first kappa shape index (κ1) is 21.0. The summed E-state index contributed by atoms with van der Waals surface area (Å²) in [4.78, 5) is 16.4. The monoisotopic (exact) mass is 415 g/mol. The Labute approximate surface area is 183 Å². The van der Waals surface area contributed by atoms with Gasteiger partial charge in [-0.2, -0.15) is 5.10 Å². The molecule has 1 N–H and O–H groups in total. The molecule has 2 aromatic carbocycles. The summed E-state index contributed by atoms with van der Waals surface area (Å²) < 4.78 is 2.00. The fourth-order valence-corrected chi connectivity index (χ4v) is 4.25. The number of hydrogen-bond acceptors (Lipinski definition) is 3. The molecule has 5 heteroatoms. The van der Waals surface area contributed by atoms with Gasteiger partial charge in [0.25, 0.3) is 0 Å². The van der Waals surface area contributed by atoms with Gasteiger partial charge < -0.3 is 5.11 Å². The average molecular weight is 416 g/mol. The molecule has 1 heterocycles. The van der Waals surface area contributed by atoms with Crippen LogP contribution in [0.4, 0.5) is 0 Å². The molecule has 3 aromatic rings. The number of hydrogen-bond donors (Lipinski definition) is 1. The summed E-state index contributed by atoms with van der Waals surface area (Å²) in [7, 11) is 0. The number of allylic oxidation sites excluding steroid dienone is 1. The van der Waals surface area contributed by atoms with E-state index in [1.807, 2.05) is 41.1 Å². The molecule has 1 aliphatic rings. The summed E-state index contributed by atoms with van der Waals surface area (Å²) in [5.41, 5.74) is 3.06. The minimum atomic E-state index is -0.912. The van der Waals surface area contributed by atoms with Gasteiger partial charge in [-0.3, -0.25) is 0 Å². The van der Waals surface area contributed by atoms with Gasteiger partial charge in [-0.15, -0.1) is 0 Å². The Morgan fingerprint density at radius 1 is 1.10 bits per heavy atom. The van der Waals surface area contributed by atoms with Gasteiger partial charge in [0.05, 0.1) is 12.1 Å². The Bertz CT molecular complexity index is 1060. The summed E-state index contributed by atoms with van der Waals surface area (Å²) in [6.45, 7) is 2.76. The quantitative estimate of drug-likeness (QED) is 0.501. The zero-order valence-electron chi connectivity index (χ0n) is 18.0. The SMILES string of the molecule is CCC=Cc1nc(C2CCCCC2)nn1Cc1ccc(-c2ccccc2C(=O)O)cc1. The van der Waals surface area contributed by atoms with Crippen LogP contribution in [0, 0.1) is 0 Å². The highest BCUT2D eigenvalue weighted by Gasteiger charge is 2.21. The lowest BCUT2D eigenvalue weighted by Gasteiger charge is -2.18. The molecule has 0 saturated heterocycles. The topological polar surface area (TPSA) is 68.0 Å². The lowest BCUT2D eigenvalue weighted by Crippen LogP contribution is -2.08. The van der Waals surface area contributed by atoms with Crippen molar-refractivity contribution < 1.29 is 9.90 Å². The number of carbonyl (C=O) groups is 1. The third-order valence-electron chi connectivity index (χ3n) is 5.94. The number of carboxylic acids is 1. The number of carboxylic acid groups (broad SMARTS) is 1. The Morgan fingerprint density at radius 2 is 1.84 bits per heavy atom. The van der Waals surface area contributed by atoms with Crippen molar-refractivity contribution in [2.75, 3.05) is 0 Å². The van der Waals surface area contributed by atoms with E-state index in [9.17, 15) is 9.90 Å². The molecule has 0 bridgehead atoms. The molecule has 0 aliphatic heterocycles. The first-order chi connectivity index (χ1) is 15.2. The lowest BCUT2D eigenvalue weighted by molar-refractivity contribution is 0.0697. The average Bonchev–Trinajstić information content (AvgIpc) is 3.21. The van der Waals surface area contributed by atoms with Crippen molar-refractivity contribution >= 4 is 12.0 Å². The molecule has 0 amide bonds. The van der Waals surface area contributed by atoms with Crippen molar-refractivity contribution in [3.05, 3.63) is 77.4 Å². The zero-order chi connectivity index (χ0) is 21.6. The van der Waals surface area contributed by atoms with Crippen LogP contribution in [0.5, 0.6) is 0 Å². The molecule has 1 aromatic heterocycles. The second-order valence-corrected chi connectivity index (χ2v) is 8.18. The molecule has 4 rings (SSSR count). The molecule has 0 unspecified atom stereocenters. The van der Waals surface area contributed by atoms with Crippen molar-refractivity contribution in [1.82, 2.24) is 14.8 Å². The number of nitrogens with zero attached hydrogens (tertiary/aromatic N) is 3. The summed E-state index contributed by atoms with van der Waals surface area (Å²) in [5, 5.41) is 14.3. The number of aromatic nitrogens is 3. The van der Waals surface area contributed by atoms with E-state index in [1.165, 1.54) is 32.1 Å². The largest absolute Gasteiger partial charge is 0.478 e. The van der Waals surface area contributed by atoms with Gasteiger partial charge in [0.1, 0.15) is 0 Å². The molecule has 160 valence electrons. The van der Waals surface area contributed by atoms with Crippen LogP contribution in [0.25, 0.3) is 17.2 Å². The van der Waals surface area contributed by atoms with E-state index in [0.29, 0.717) is 18.0 Å². The number of aromatic carboxylic acids is 1. The van der Waals surface area contributed by atoms with Crippen LogP contribution in [0.15, 0.2) is 54.6 Å². The first-order valence-corrected chi connectivity index (χ1v) is 11.2. The second-order valence-electron chi connectivity index (χ2n) is 8.18. The van der Waals surface area contributed by atoms with E-state index in [4.69, 9.17) is 10.1 Å². The van der Waals surface area contributed by atoms with Gasteiger partial charge in [0.15, 0.2) is 11.6 Å². The highest BCUT2D eigenvalue weighted by atomic mass is 16.4. The summed E-state index contributed by atoms with van der Waals surface area (Å²) in [6, 6.07) is 15.2. The fourth-order valence-electron chi connectivity index (χ4n) is 4.25. The van der Waals surface area contributed by atoms with Crippen molar-refractivity contribution in [1.29, 1.82) is 0 Å². The van der Waals surface area contributed by atoms with Crippen LogP contribution >= 0.6 is 0 Å². The highest BCUT2D eigenvalue weighted by Crippen LogP contribution is 2.31. The molecule has 5 nitrogen and oxygen atoms in total. The number of rotatable bonds is 7. The Morgan fingerprint density at radius 3 is 2.55 bits per heavy atom. The van der Waals surface area contributed by atoms with E-state index in [0.717, 1.165) is 34.8 Å². The van der Waals surface area contributed by atoms with Gasteiger partial charge in [-0.05, 0) is 48.1 Å². The molecular formula is C26H29N3O2. The van der Waals surface area contributed by atoms with Gasteiger partial charge in [-0.25, -0.2) is 14.5 Å². The zero-order valence-corrected chi connectivity index (χ0v) is 18.0. The third-order valence-corrected chi connectivity index (χ3v) is 5.94. The van der Waals surface area contributed by atoms with Crippen molar-refractivity contribution in [2.24, 2.45) is 0 Å². The van der Waals surface area contributed by atoms with E-state index in [2.05, 4.69) is 19.1 Å². The standard InChI is InChI=1S/C26H29N3O2/c1-2-3-13-24-27-25(21-9-5-4-6-10-21)28-29(24)18-19-14-16-20(17-15-19)22-11-7-8-12-23(22)26(30)31/h3,7-8,11-17,21H,2,4-6,9-10,18H2,1H3,(H,30,31). The van der Waals surface area contributed by atoms with E-state index < -0.39 is 5.97 Å². The summed E-state index contributed by atoms with van der Waals surface area (Å²) in [5.74, 6) is 1.44. The maximum Gasteiger partial charge on any atom is 0.336 e. The molecule has 0 atom stereocenters. The highest BCUT2D eigenvalue weighted by molar-refractivity contribution is 5.95. The van der Waals surface area contributed by atoms with Crippen LogP contribution < -0.4 is 0 Å². The molecule has 31 heavy (non-hydrogen) atoms. The van der Waals surface area contributed by atoms with E-state index in [-0.39, 0.29) is 0 Å². The van der Waals surface area contributed by atoms with Crippen molar-refractivity contribution in [3.63, 3.8) is 0 Å². The second kappa shape index (κ2) is 9.73. The van der Waals surface area contributed by atoms with Crippen molar-refractivity contribution in [2.45, 2.75) is 57.9 Å². The maximum absolute atomic E-state index is 11.5. The predicted octanol–water partition coefficient (Wildman–Crippen LogP) is 6.16. The lowest BCUT2D eigenvalue weighted by atomic mass is 9.89. The Hall–Kier alpha value is -3.21.